The summed E-state index contributed by atoms with van der Waals surface area (Å²) in [6.07, 6.45) is 0.306. The summed E-state index contributed by atoms with van der Waals surface area (Å²) in [4.78, 5) is 12.9. The van der Waals surface area contributed by atoms with Gasteiger partial charge in [-0.3, -0.25) is 4.79 Å². The minimum atomic E-state index is -0.634. The molecule has 1 atom stereocenters. The van der Waals surface area contributed by atoms with Crippen molar-refractivity contribution in [2.45, 2.75) is 18.6 Å². The summed E-state index contributed by atoms with van der Waals surface area (Å²) in [5, 5.41) is -0.0695. The van der Waals surface area contributed by atoms with Gasteiger partial charge in [0.2, 0.25) is 5.91 Å². The van der Waals surface area contributed by atoms with Gasteiger partial charge in [-0.15, -0.1) is 0 Å². The summed E-state index contributed by atoms with van der Waals surface area (Å²) in [6, 6.07) is 2.37. The van der Waals surface area contributed by atoms with Gasteiger partial charge in [0.05, 0.1) is 0 Å². The van der Waals surface area contributed by atoms with Crippen LogP contribution in [0, 0.1) is 18.6 Å². The van der Waals surface area contributed by atoms with Crippen LogP contribution in [0.3, 0.4) is 0 Å². The molecule has 16 heavy (non-hydrogen) atoms. The number of anilines is 1. The number of halogens is 2. The highest BCUT2D eigenvalue weighted by Gasteiger charge is 2.29. The summed E-state index contributed by atoms with van der Waals surface area (Å²) in [7, 11) is 0. The summed E-state index contributed by atoms with van der Waals surface area (Å²) in [5.41, 5.74) is 0.236. The lowest BCUT2D eigenvalue weighted by molar-refractivity contribution is -0.117. The Morgan fingerprint density at radius 2 is 1.94 bits per heavy atom. The van der Waals surface area contributed by atoms with E-state index in [1.54, 1.807) is 0 Å². The van der Waals surface area contributed by atoms with Gasteiger partial charge in [-0.2, -0.15) is 12.6 Å². The zero-order valence-electron chi connectivity index (χ0n) is 8.70. The van der Waals surface area contributed by atoms with Crippen LogP contribution in [-0.2, 0) is 4.79 Å². The summed E-state index contributed by atoms with van der Waals surface area (Å²) >= 11 is 4.18. The molecule has 2 nitrogen and oxygen atoms in total. The predicted molar refractivity (Wildman–Crippen MR) is 60.8 cm³/mol. The van der Waals surface area contributed by atoms with Gasteiger partial charge in [-0.1, -0.05) is 0 Å². The SMILES string of the molecule is Cc1c(F)cc(N2CC(S)CC2=O)cc1F. The van der Waals surface area contributed by atoms with E-state index in [-0.39, 0.29) is 22.4 Å². The number of hydrogen-bond donors (Lipinski definition) is 1. The van der Waals surface area contributed by atoms with E-state index in [9.17, 15) is 13.6 Å². The number of carbonyl (C=O) groups excluding carboxylic acids is 1. The Balaban J connectivity index is 2.38. The van der Waals surface area contributed by atoms with E-state index in [2.05, 4.69) is 12.6 Å². The normalized spacial score (nSPS) is 20.6. The first kappa shape index (κ1) is 11.4. The van der Waals surface area contributed by atoms with E-state index < -0.39 is 11.6 Å². The van der Waals surface area contributed by atoms with E-state index in [0.29, 0.717) is 13.0 Å². The molecule has 1 aromatic carbocycles. The molecule has 0 N–H and O–H groups in total. The molecule has 0 aromatic heterocycles. The highest BCUT2D eigenvalue weighted by atomic mass is 32.1. The summed E-state index contributed by atoms with van der Waals surface area (Å²) in [6.45, 7) is 1.76. The first-order valence-corrected chi connectivity index (χ1v) is 5.44. The highest BCUT2D eigenvalue weighted by molar-refractivity contribution is 7.81. The molecule has 0 aliphatic carbocycles. The second-order valence-electron chi connectivity index (χ2n) is 3.90. The predicted octanol–water partition coefficient (Wildman–Crippen LogP) is 2.31. The van der Waals surface area contributed by atoms with Crippen LogP contribution >= 0.6 is 12.6 Å². The van der Waals surface area contributed by atoms with Gasteiger partial charge < -0.3 is 4.90 Å². The first-order chi connectivity index (χ1) is 7.49. The van der Waals surface area contributed by atoms with Crippen LogP contribution in [0.5, 0.6) is 0 Å². The van der Waals surface area contributed by atoms with Crippen molar-refractivity contribution in [2.75, 3.05) is 11.4 Å². The van der Waals surface area contributed by atoms with Crippen molar-refractivity contribution in [2.24, 2.45) is 0 Å². The molecule has 0 saturated carbocycles. The monoisotopic (exact) mass is 243 g/mol. The lowest BCUT2D eigenvalue weighted by Crippen LogP contribution is -2.25. The molecule has 0 bridgehead atoms. The second kappa shape index (κ2) is 4.05. The highest BCUT2D eigenvalue weighted by Crippen LogP contribution is 2.27. The maximum Gasteiger partial charge on any atom is 0.228 e. The Labute approximate surface area is 97.7 Å². The minimum absolute atomic E-state index is 0.0298. The molecule has 0 spiro atoms. The molecule has 2 rings (SSSR count). The van der Waals surface area contributed by atoms with Crippen LogP contribution in [0.25, 0.3) is 0 Å². The second-order valence-corrected chi connectivity index (χ2v) is 4.63. The van der Waals surface area contributed by atoms with Crippen molar-refractivity contribution in [1.29, 1.82) is 0 Å². The van der Waals surface area contributed by atoms with Crippen LogP contribution in [0.15, 0.2) is 12.1 Å². The fourth-order valence-electron chi connectivity index (χ4n) is 1.73. The molecule has 1 fully saturated rings. The van der Waals surface area contributed by atoms with Crippen LogP contribution in [-0.4, -0.2) is 17.7 Å². The fourth-order valence-corrected chi connectivity index (χ4v) is 2.05. The molecule has 1 aromatic rings. The van der Waals surface area contributed by atoms with Crippen LogP contribution < -0.4 is 4.90 Å². The molecular weight excluding hydrogens is 232 g/mol. The number of amides is 1. The molecule has 1 aliphatic rings. The largest absolute Gasteiger partial charge is 0.311 e. The Kier molecular flexibility index (Phi) is 2.88. The third-order valence-electron chi connectivity index (χ3n) is 2.68. The van der Waals surface area contributed by atoms with Crippen molar-refractivity contribution in [1.82, 2.24) is 0 Å². The van der Waals surface area contributed by atoms with Crippen LogP contribution in [0.2, 0.25) is 0 Å². The van der Waals surface area contributed by atoms with Crippen molar-refractivity contribution >= 4 is 24.2 Å². The Hall–Kier alpha value is -1.10. The first-order valence-electron chi connectivity index (χ1n) is 4.93. The van der Waals surface area contributed by atoms with E-state index in [1.165, 1.54) is 24.0 Å². The smallest absolute Gasteiger partial charge is 0.228 e. The van der Waals surface area contributed by atoms with E-state index in [1.807, 2.05) is 0 Å². The number of thiol groups is 1. The number of nitrogens with zero attached hydrogens (tertiary/aromatic N) is 1. The maximum atomic E-state index is 13.3. The summed E-state index contributed by atoms with van der Waals surface area (Å²) in [5.74, 6) is -1.42. The van der Waals surface area contributed by atoms with Crippen molar-refractivity contribution in [3.8, 4) is 0 Å². The molecule has 1 unspecified atom stereocenters. The van der Waals surface area contributed by atoms with Gasteiger partial charge in [0.15, 0.2) is 0 Å². The zero-order valence-corrected chi connectivity index (χ0v) is 9.60. The van der Waals surface area contributed by atoms with E-state index in [0.717, 1.165) is 0 Å². The number of carbonyl (C=O) groups is 1. The van der Waals surface area contributed by atoms with Crippen molar-refractivity contribution < 1.29 is 13.6 Å². The van der Waals surface area contributed by atoms with Gasteiger partial charge in [-0.25, -0.2) is 8.78 Å². The molecule has 1 amide bonds. The molecule has 86 valence electrons. The van der Waals surface area contributed by atoms with Crippen molar-refractivity contribution in [3.63, 3.8) is 0 Å². The molecular formula is C11H11F2NOS. The van der Waals surface area contributed by atoms with Crippen LogP contribution in [0.1, 0.15) is 12.0 Å². The van der Waals surface area contributed by atoms with E-state index in [4.69, 9.17) is 0 Å². The van der Waals surface area contributed by atoms with Gasteiger partial charge >= 0.3 is 0 Å². The number of benzene rings is 1. The average Bonchev–Trinajstić information content (AvgIpc) is 2.53. The quantitative estimate of drug-likeness (QED) is 0.750. The zero-order chi connectivity index (χ0) is 11.9. The third kappa shape index (κ3) is 1.91. The Morgan fingerprint density at radius 3 is 2.38 bits per heavy atom. The molecule has 0 radical (unpaired) electrons. The molecule has 1 aliphatic heterocycles. The average molecular weight is 243 g/mol. The number of hydrogen-bond acceptors (Lipinski definition) is 2. The molecule has 5 heteroatoms. The minimum Gasteiger partial charge on any atom is -0.311 e. The lowest BCUT2D eigenvalue weighted by Gasteiger charge is -2.16. The topological polar surface area (TPSA) is 20.3 Å². The lowest BCUT2D eigenvalue weighted by atomic mass is 10.2. The summed E-state index contributed by atoms with van der Waals surface area (Å²) < 4.78 is 26.6. The van der Waals surface area contributed by atoms with Crippen molar-refractivity contribution in [3.05, 3.63) is 29.3 Å². The van der Waals surface area contributed by atoms with E-state index >= 15 is 0 Å². The molecule has 1 saturated heterocycles. The Bertz CT molecular complexity index is 427. The van der Waals surface area contributed by atoms with Crippen LogP contribution in [0.4, 0.5) is 14.5 Å². The standard InChI is InChI=1S/C11H11F2NOS/c1-6-9(12)2-7(3-10(6)13)14-5-8(16)4-11(14)15/h2-3,8,16H,4-5H2,1H3. The maximum absolute atomic E-state index is 13.3. The fraction of sp³-hybridized carbons (Fsp3) is 0.364. The van der Waals surface area contributed by atoms with Gasteiger partial charge in [0.1, 0.15) is 11.6 Å². The molecule has 1 heterocycles. The van der Waals surface area contributed by atoms with Gasteiger partial charge in [-0.05, 0) is 19.1 Å². The Morgan fingerprint density at radius 1 is 1.38 bits per heavy atom. The third-order valence-corrected chi connectivity index (χ3v) is 3.03. The van der Waals surface area contributed by atoms with Gasteiger partial charge in [0.25, 0.3) is 0 Å². The van der Waals surface area contributed by atoms with Gasteiger partial charge in [0, 0.05) is 29.5 Å². The number of rotatable bonds is 1.